The van der Waals surface area contributed by atoms with Crippen molar-refractivity contribution < 1.29 is 18.8 Å². The number of nitrogens with one attached hydrogen (secondary N) is 1. The molecular formula is C25H23ClFN3O3S. The molecule has 0 saturated carbocycles. The number of carbonyl (C=O) groups excluding carboxylic acids is 3. The summed E-state index contributed by atoms with van der Waals surface area (Å²) in [5.41, 5.74) is 3.89. The highest BCUT2D eigenvalue weighted by atomic mass is 35.5. The number of halogens is 2. The standard InChI is InChI=1S/C25H23ClFN3O3S/c1-14-12-25(2,3)29(4)20-11-19(26)15(9-18(14)20)10-21-23(32)30(24(33)34-21)13-22(31)28-17-7-5-16(27)6-8-17/h5-12H,13H2,1-4H3,(H,28,31)/b21-10-. The number of hydrogen-bond acceptors (Lipinski definition) is 5. The molecule has 1 fully saturated rings. The van der Waals surface area contributed by atoms with Gasteiger partial charge in [0.15, 0.2) is 0 Å². The van der Waals surface area contributed by atoms with Gasteiger partial charge in [0.05, 0.1) is 10.4 Å². The van der Waals surface area contributed by atoms with E-state index >= 15 is 0 Å². The Morgan fingerprint density at radius 1 is 1.21 bits per heavy atom. The smallest absolute Gasteiger partial charge is 0.294 e. The molecule has 0 aliphatic carbocycles. The van der Waals surface area contributed by atoms with Crippen LogP contribution in [0.4, 0.5) is 20.6 Å². The van der Waals surface area contributed by atoms with E-state index < -0.39 is 29.4 Å². The molecule has 176 valence electrons. The fourth-order valence-corrected chi connectivity index (χ4v) is 4.99. The van der Waals surface area contributed by atoms with Gasteiger partial charge in [0, 0.05) is 29.0 Å². The number of allylic oxidation sites excluding steroid dienone is 1. The molecule has 0 aromatic heterocycles. The van der Waals surface area contributed by atoms with Crippen LogP contribution in [0.5, 0.6) is 0 Å². The van der Waals surface area contributed by atoms with Crippen LogP contribution in [0.1, 0.15) is 31.9 Å². The molecule has 0 radical (unpaired) electrons. The third kappa shape index (κ3) is 4.60. The van der Waals surface area contributed by atoms with Crippen molar-refractivity contribution in [1.29, 1.82) is 0 Å². The number of likely N-dealkylation sites (N-methyl/N-ethyl adjacent to an activating group) is 1. The number of benzene rings is 2. The summed E-state index contributed by atoms with van der Waals surface area (Å²) in [6.45, 7) is 5.81. The van der Waals surface area contributed by atoms with Gasteiger partial charge >= 0.3 is 0 Å². The Morgan fingerprint density at radius 3 is 2.56 bits per heavy atom. The molecule has 2 aliphatic rings. The molecule has 3 amide bonds. The van der Waals surface area contributed by atoms with Gasteiger partial charge in [-0.3, -0.25) is 19.3 Å². The number of thioether (sulfide) groups is 1. The van der Waals surface area contributed by atoms with Crippen molar-refractivity contribution in [1.82, 2.24) is 4.90 Å². The second kappa shape index (κ2) is 8.92. The van der Waals surface area contributed by atoms with Crippen molar-refractivity contribution in [2.45, 2.75) is 26.3 Å². The van der Waals surface area contributed by atoms with Gasteiger partial charge in [-0.1, -0.05) is 17.7 Å². The second-order valence-corrected chi connectivity index (χ2v) is 10.2. The number of imide groups is 1. The summed E-state index contributed by atoms with van der Waals surface area (Å²) < 4.78 is 13.0. The highest BCUT2D eigenvalue weighted by molar-refractivity contribution is 8.18. The zero-order valence-electron chi connectivity index (χ0n) is 19.1. The third-order valence-corrected chi connectivity index (χ3v) is 7.16. The Balaban J connectivity index is 1.55. The summed E-state index contributed by atoms with van der Waals surface area (Å²) in [5, 5.41) is 2.46. The molecule has 0 bridgehead atoms. The van der Waals surface area contributed by atoms with Crippen molar-refractivity contribution in [2.75, 3.05) is 23.8 Å². The van der Waals surface area contributed by atoms with E-state index in [1.807, 2.05) is 26.1 Å². The fourth-order valence-electron chi connectivity index (χ4n) is 3.95. The number of amides is 3. The Bertz CT molecular complexity index is 1270. The molecule has 0 atom stereocenters. The van der Waals surface area contributed by atoms with Gasteiger partial charge in [-0.2, -0.15) is 0 Å². The quantitative estimate of drug-likeness (QED) is 0.539. The number of fused-ring (bicyclic) bond motifs is 1. The maximum absolute atomic E-state index is 13.0. The van der Waals surface area contributed by atoms with E-state index in [1.54, 1.807) is 6.08 Å². The van der Waals surface area contributed by atoms with Gasteiger partial charge in [-0.05, 0) is 86.1 Å². The van der Waals surface area contributed by atoms with Gasteiger partial charge < -0.3 is 10.2 Å². The van der Waals surface area contributed by atoms with E-state index in [-0.39, 0.29) is 10.4 Å². The van der Waals surface area contributed by atoms with E-state index in [0.29, 0.717) is 16.3 Å². The van der Waals surface area contributed by atoms with Crippen LogP contribution in [0, 0.1) is 5.82 Å². The second-order valence-electron chi connectivity index (χ2n) is 8.75. The number of hydrogen-bond donors (Lipinski definition) is 1. The van der Waals surface area contributed by atoms with Crippen molar-refractivity contribution >= 4 is 63.4 Å². The highest BCUT2D eigenvalue weighted by Gasteiger charge is 2.37. The van der Waals surface area contributed by atoms with Gasteiger partial charge in [-0.25, -0.2) is 4.39 Å². The molecule has 9 heteroatoms. The number of anilines is 2. The van der Waals surface area contributed by atoms with Crippen molar-refractivity contribution in [3.63, 3.8) is 0 Å². The third-order valence-electron chi connectivity index (χ3n) is 5.93. The van der Waals surface area contributed by atoms with Gasteiger partial charge in [0.25, 0.3) is 11.1 Å². The van der Waals surface area contributed by atoms with Crippen molar-refractivity contribution in [2.24, 2.45) is 0 Å². The Kier molecular flexibility index (Phi) is 6.31. The minimum absolute atomic E-state index is 0.168. The zero-order valence-corrected chi connectivity index (χ0v) is 20.7. The number of rotatable bonds is 4. The predicted octanol–water partition coefficient (Wildman–Crippen LogP) is 5.79. The molecule has 0 unspecified atom stereocenters. The molecule has 6 nitrogen and oxygen atoms in total. The minimum Gasteiger partial charge on any atom is -0.365 e. The lowest BCUT2D eigenvalue weighted by molar-refractivity contribution is -0.127. The maximum Gasteiger partial charge on any atom is 0.294 e. The lowest BCUT2D eigenvalue weighted by atomic mass is 9.88. The molecule has 34 heavy (non-hydrogen) atoms. The van der Waals surface area contributed by atoms with E-state index in [1.165, 1.54) is 24.3 Å². The molecule has 4 rings (SSSR count). The van der Waals surface area contributed by atoms with Gasteiger partial charge in [0.2, 0.25) is 5.91 Å². The molecule has 2 heterocycles. The highest BCUT2D eigenvalue weighted by Crippen LogP contribution is 2.42. The average Bonchev–Trinajstić information content (AvgIpc) is 3.02. The topological polar surface area (TPSA) is 69.7 Å². The first-order valence-electron chi connectivity index (χ1n) is 10.5. The summed E-state index contributed by atoms with van der Waals surface area (Å²) in [6.07, 6.45) is 3.75. The zero-order chi connectivity index (χ0) is 24.8. The van der Waals surface area contributed by atoms with Crippen LogP contribution in [0.3, 0.4) is 0 Å². The van der Waals surface area contributed by atoms with Gasteiger partial charge in [0.1, 0.15) is 12.4 Å². The SMILES string of the molecule is CC1=CC(C)(C)N(C)c2cc(Cl)c(/C=C3\SC(=O)N(CC(=O)Nc4ccc(F)cc4)C3=O)cc21. The van der Waals surface area contributed by atoms with E-state index in [0.717, 1.165) is 33.5 Å². The van der Waals surface area contributed by atoms with Crippen LogP contribution in [0.2, 0.25) is 5.02 Å². The lowest BCUT2D eigenvalue weighted by Crippen LogP contribution is -2.42. The van der Waals surface area contributed by atoms with Crippen LogP contribution < -0.4 is 10.2 Å². The first kappa shape index (κ1) is 24.0. The van der Waals surface area contributed by atoms with E-state index in [4.69, 9.17) is 11.6 Å². The molecule has 0 spiro atoms. The molecule has 1 N–H and O–H groups in total. The molecular weight excluding hydrogens is 477 g/mol. The van der Waals surface area contributed by atoms with Gasteiger partial charge in [-0.15, -0.1) is 0 Å². The van der Waals surface area contributed by atoms with E-state index in [9.17, 15) is 18.8 Å². The summed E-state index contributed by atoms with van der Waals surface area (Å²) in [5.74, 6) is -1.56. The summed E-state index contributed by atoms with van der Waals surface area (Å²) in [7, 11) is 2.00. The largest absolute Gasteiger partial charge is 0.365 e. The predicted molar refractivity (Wildman–Crippen MR) is 135 cm³/mol. The number of carbonyl (C=O) groups is 3. The molecule has 1 saturated heterocycles. The summed E-state index contributed by atoms with van der Waals surface area (Å²) in [4.78, 5) is 40.9. The summed E-state index contributed by atoms with van der Waals surface area (Å²) in [6, 6.07) is 8.97. The van der Waals surface area contributed by atoms with Crippen molar-refractivity contribution in [3.8, 4) is 0 Å². The summed E-state index contributed by atoms with van der Waals surface area (Å²) >= 11 is 7.31. The van der Waals surface area contributed by atoms with Crippen LogP contribution in [-0.2, 0) is 9.59 Å². The monoisotopic (exact) mass is 499 g/mol. The molecule has 2 aromatic rings. The van der Waals surface area contributed by atoms with Crippen LogP contribution in [0.25, 0.3) is 11.6 Å². The lowest BCUT2D eigenvalue weighted by Gasteiger charge is -2.40. The van der Waals surface area contributed by atoms with Crippen LogP contribution in [0.15, 0.2) is 47.4 Å². The Labute approximate surface area is 206 Å². The first-order valence-corrected chi connectivity index (χ1v) is 11.7. The minimum atomic E-state index is -0.566. The first-order chi connectivity index (χ1) is 16.0. The Hall–Kier alpha value is -3.10. The molecule has 2 aliphatic heterocycles. The van der Waals surface area contributed by atoms with Crippen molar-refractivity contribution in [3.05, 3.63) is 69.3 Å². The van der Waals surface area contributed by atoms with Crippen LogP contribution in [-0.4, -0.2) is 41.1 Å². The molecule has 2 aromatic carbocycles. The Morgan fingerprint density at radius 2 is 1.88 bits per heavy atom. The normalized spacial score (nSPS) is 18.3. The number of nitrogens with zero attached hydrogens (tertiary/aromatic N) is 2. The fraction of sp³-hybridized carbons (Fsp3) is 0.240. The average molecular weight is 500 g/mol. The van der Waals surface area contributed by atoms with E-state index in [2.05, 4.69) is 30.1 Å². The maximum atomic E-state index is 13.0. The van der Waals surface area contributed by atoms with Crippen LogP contribution >= 0.6 is 23.4 Å².